The number of hydrogen-bond acceptors (Lipinski definition) is 1. The van der Waals surface area contributed by atoms with Crippen molar-refractivity contribution in [2.45, 2.75) is 5.33 Å². The van der Waals surface area contributed by atoms with E-state index in [0.29, 0.717) is 0 Å². The first-order valence-electron chi connectivity index (χ1n) is 3.79. The molecular weight excluding hydrogens is 214 g/mol. The maximum atomic E-state index is 4.06. The molecule has 0 radical (unpaired) electrons. The summed E-state index contributed by atoms with van der Waals surface area (Å²) in [4.78, 5) is 4.06. The van der Waals surface area contributed by atoms with Crippen LogP contribution in [0.25, 0.3) is 10.8 Å². The molecule has 0 amide bonds. The Labute approximate surface area is 79.6 Å². The van der Waals surface area contributed by atoms with Gasteiger partial charge >= 0.3 is 0 Å². The van der Waals surface area contributed by atoms with Gasteiger partial charge in [-0.2, -0.15) is 0 Å². The fraction of sp³-hybridized carbons (Fsp3) is 0.100. The van der Waals surface area contributed by atoms with Gasteiger partial charge < -0.3 is 0 Å². The number of benzene rings is 1. The predicted molar refractivity (Wildman–Crippen MR) is 54.4 cm³/mol. The Morgan fingerprint density at radius 2 is 2.08 bits per heavy atom. The van der Waals surface area contributed by atoms with Gasteiger partial charge in [-0.25, -0.2) is 0 Å². The highest BCUT2D eigenvalue weighted by atomic mass is 79.9. The van der Waals surface area contributed by atoms with Crippen LogP contribution >= 0.6 is 15.9 Å². The summed E-state index contributed by atoms with van der Waals surface area (Å²) in [5.74, 6) is 0. The van der Waals surface area contributed by atoms with Crippen molar-refractivity contribution >= 4 is 26.7 Å². The number of alkyl halides is 1. The average molecular weight is 222 g/mol. The number of halogens is 1. The lowest BCUT2D eigenvalue weighted by Gasteiger charge is -1.98. The van der Waals surface area contributed by atoms with Gasteiger partial charge in [-0.3, -0.25) is 4.98 Å². The zero-order valence-corrected chi connectivity index (χ0v) is 8.08. The molecule has 1 aromatic heterocycles. The van der Waals surface area contributed by atoms with Crippen molar-refractivity contribution in [3.63, 3.8) is 0 Å². The van der Waals surface area contributed by atoms with Gasteiger partial charge in [0.2, 0.25) is 0 Å². The van der Waals surface area contributed by atoms with E-state index in [-0.39, 0.29) is 0 Å². The van der Waals surface area contributed by atoms with Gasteiger partial charge in [0, 0.05) is 23.1 Å². The summed E-state index contributed by atoms with van der Waals surface area (Å²) in [6.45, 7) is 0. The van der Waals surface area contributed by atoms with Crippen LogP contribution in [0.4, 0.5) is 0 Å². The summed E-state index contributed by atoms with van der Waals surface area (Å²) in [7, 11) is 0. The van der Waals surface area contributed by atoms with E-state index in [9.17, 15) is 0 Å². The number of rotatable bonds is 1. The number of fused-ring (bicyclic) bond motifs is 1. The SMILES string of the molecule is BrCc1ccc2cnccc2c1. The smallest absolute Gasteiger partial charge is 0.0346 e. The number of pyridine rings is 1. The van der Waals surface area contributed by atoms with E-state index in [1.165, 1.54) is 16.3 Å². The summed E-state index contributed by atoms with van der Waals surface area (Å²) in [6.07, 6.45) is 3.70. The lowest BCUT2D eigenvalue weighted by atomic mass is 10.1. The van der Waals surface area contributed by atoms with Crippen molar-refractivity contribution in [2.75, 3.05) is 0 Å². The minimum atomic E-state index is 0.908. The average Bonchev–Trinajstić information content (AvgIpc) is 2.17. The Balaban J connectivity index is 2.67. The first-order chi connectivity index (χ1) is 5.90. The van der Waals surface area contributed by atoms with Gasteiger partial charge in [0.05, 0.1) is 0 Å². The maximum absolute atomic E-state index is 4.06. The van der Waals surface area contributed by atoms with Crippen molar-refractivity contribution in [1.29, 1.82) is 0 Å². The lowest BCUT2D eigenvalue weighted by molar-refractivity contribution is 1.36. The van der Waals surface area contributed by atoms with Crippen LogP contribution in [0.5, 0.6) is 0 Å². The number of nitrogens with zero attached hydrogens (tertiary/aromatic N) is 1. The third-order valence-electron chi connectivity index (χ3n) is 1.86. The van der Waals surface area contributed by atoms with Gasteiger partial charge in [0.15, 0.2) is 0 Å². The minimum absolute atomic E-state index is 0.908. The van der Waals surface area contributed by atoms with E-state index in [0.717, 1.165) is 5.33 Å². The fourth-order valence-corrected chi connectivity index (χ4v) is 1.56. The first kappa shape index (κ1) is 7.74. The van der Waals surface area contributed by atoms with E-state index in [1.807, 2.05) is 18.5 Å². The van der Waals surface area contributed by atoms with Crippen molar-refractivity contribution in [3.8, 4) is 0 Å². The Morgan fingerprint density at radius 3 is 2.92 bits per heavy atom. The van der Waals surface area contributed by atoms with E-state index >= 15 is 0 Å². The quantitative estimate of drug-likeness (QED) is 0.675. The molecule has 0 spiro atoms. The van der Waals surface area contributed by atoms with Gasteiger partial charge in [0.25, 0.3) is 0 Å². The second-order valence-corrected chi connectivity index (χ2v) is 3.25. The monoisotopic (exact) mass is 221 g/mol. The molecule has 2 aromatic rings. The highest BCUT2D eigenvalue weighted by molar-refractivity contribution is 9.08. The van der Waals surface area contributed by atoms with Gasteiger partial charge in [-0.05, 0) is 17.0 Å². The molecule has 0 saturated heterocycles. The molecule has 1 aromatic carbocycles. The Hall–Kier alpha value is -0.890. The predicted octanol–water partition coefficient (Wildman–Crippen LogP) is 3.13. The topological polar surface area (TPSA) is 12.9 Å². The fourth-order valence-electron chi connectivity index (χ4n) is 1.22. The molecule has 1 heterocycles. The highest BCUT2D eigenvalue weighted by Crippen LogP contribution is 2.15. The van der Waals surface area contributed by atoms with Crippen LogP contribution < -0.4 is 0 Å². The van der Waals surface area contributed by atoms with Crippen LogP contribution in [-0.2, 0) is 5.33 Å². The molecule has 0 aliphatic heterocycles. The molecule has 60 valence electrons. The molecule has 0 unspecified atom stereocenters. The van der Waals surface area contributed by atoms with Crippen LogP contribution in [0.15, 0.2) is 36.7 Å². The molecule has 0 aliphatic rings. The van der Waals surface area contributed by atoms with Crippen LogP contribution in [0.2, 0.25) is 0 Å². The van der Waals surface area contributed by atoms with Crippen molar-refractivity contribution in [3.05, 3.63) is 42.2 Å². The first-order valence-corrected chi connectivity index (χ1v) is 4.91. The summed E-state index contributed by atoms with van der Waals surface area (Å²) < 4.78 is 0. The third-order valence-corrected chi connectivity index (χ3v) is 2.51. The van der Waals surface area contributed by atoms with E-state index < -0.39 is 0 Å². The molecule has 0 N–H and O–H groups in total. The normalized spacial score (nSPS) is 10.4. The van der Waals surface area contributed by atoms with E-state index in [2.05, 4.69) is 39.1 Å². The largest absolute Gasteiger partial charge is 0.264 e. The van der Waals surface area contributed by atoms with Crippen molar-refractivity contribution < 1.29 is 0 Å². The standard InChI is InChI=1S/C10H8BrN/c11-6-8-1-2-10-7-12-4-3-9(10)5-8/h1-5,7H,6H2. The Morgan fingerprint density at radius 1 is 1.17 bits per heavy atom. The molecular formula is C10H8BrN. The second kappa shape index (κ2) is 3.23. The third kappa shape index (κ3) is 1.34. The van der Waals surface area contributed by atoms with Gasteiger partial charge in [-0.15, -0.1) is 0 Å². The van der Waals surface area contributed by atoms with Crippen LogP contribution in [0.3, 0.4) is 0 Å². The summed E-state index contributed by atoms with van der Waals surface area (Å²) in [5, 5.41) is 3.36. The van der Waals surface area contributed by atoms with Crippen LogP contribution in [0, 0.1) is 0 Å². The molecule has 12 heavy (non-hydrogen) atoms. The van der Waals surface area contributed by atoms with E-state index in [1.54, 1.807) is 0 Å². The van der Waals surface area contributed by atoms with Gasteiger partial charge in [-0.1, -0.05) is 34.1 Å². The Bertz CT molecular complexity index is 398. The summed E-state index contributed by atoms with van der Waals surface area (Å²) in [6, 6.07) is 8.41. The lowest BCUT2D eigenvalue weighted by Crippen LogP contribution is -1.79. The molecule has 0 bridgehead atoms. The Kier molecular flexibility index (Phi) is 2.09. The molecule has 2 rings (SSSR count). The summed E-state index contributed by atoms with van der Waals surface area (Å²) in [5.41, 5.74) is 1.30. The molecule has 0 saturated carbocycles. The van der Waals surface area contributed by atoms with Crippen LogP contribution in [0.1, 0.15) is 5.56 Å². The maximum Gasteiger partial charge on any atom is 0.0346 e. The van der Waals surface area contributed by atoms with Crippen LogP contribution in [-0.4, -0.2) is 4.98 Å². The minimum Gasteiger partial charge on any atom is -0.264 e. The van der Waals surface area contributed by atoms with Crippen molar-refractivity contribution in [2.24, 2.45) is 0 Å². The molecule has 2 heteroatoms. The van der Waals surface area contributed by atoms with Gasteiger partial charge in [0.1, 0.15) is 0 Å². The molecule has 1 nitrogen and oxygen atoms in total. The molecule has 0 aliphatic carbocycles. The zero-order valence-electron chi connectivity index (χ0n) is 6.50. The number of aromatic nitrogens is 1. The molecule has 0 atom stereocenters. The highest BCUT2D eigenvalue weighted by Gasteiger charge is 1.93. The molecule has 0 fully saturated rings. The zero-order chi connectivity index (χ0) is 8.39. The second-order valence-electron chi connectivity index (χ2n) is 2.69. The summed E-state index contributed by atoms with van der Waals surface area (Å²) >= 11 is 3.43. The number of hydrogen-bond donors (Lipinski definition) is 0. The van der Waals surface area contributed by atoms with E-state index in [4.69, 9.17) is 0 Å². The van der Waals surface area contributed by atoms with Crippen molar-refractivity contribution in [1.82, 2.24) is 4.98 Å².